The van der Waals surface area contributed by atoms with Crippen molar-refractivity contribution >= 4 is 34.4 Å². The van der Waals surface area contributed by atoms with Gasteiger partial charge in [-0.25, -0.2) is 4.79 Å². The topological polar surface area (TPSA) is 183 Å². The van der Waals surface area contributed by atoms with E-state index in [1.54, 1.807) is 0 Å². The minimum absolute atomic E-state index is 0.0219. The van der Waals surface area contributed by atoms with Gasteiger partial charge in [0.1, 0.15) is 45.3 Å². The van der Waals surface area contributed by atoms with E-state index >= 15 is 0 Å². The molecule has 5 N–H and O–H groups in total. The summed E-state index contributed by atoms with van der Waals surface area (Å²) < 4.78 is 5.49. The maximum atomic E-state index is 14.5. The highest BCUT2D eigenvalue weighted by Crippen LogP contribution is 2.60. The SMILES string of the molecule is CC1=Cc2cc(O)cc(O)c2C(=O)C12C(=O)c1c3c4c(c(O)cc(C)c4oc1=O)C(=O)c1c(O)cc(O)c2c1-3. The number of hydrogen-bond acceptors (Lipinski definition) is 10. The third-order valence-electron chi connectivity index (χ3n) is 7.94. The number of phenols is 5. The number of rotatable bonds is 0. The maximum absolute atomic E-state index is 14.5. The van der Waals surface area contributed by atoms with Gasteiger partial charge in [0.25, 0.3) is 0 Å². The van der Waals surface area contributed by atoms with Crippen molar-refractivity contribution in [1.82, 2.24) is 0 Å². The molecule has 10 heteroatoms. The number of Topliss-reactive ketones (excluding diaryl/α,β-unsaturated/α-hetero) is 2. The number of carbonyl (C=O) groups excluding carboxylic acids is 3. The lowest BCUT2D eigenvalue weighted by Gasteiger charge is -2.42. The van der Waals surface area contributed by atoms with Crippen LogP contribution in [-0.4, -0.2) is 42.9 Å². The Labute approximate surface area is 217 Å². The molecule has 0 saturated heterocycles. The first-order chi connectivity index (χ1) is 18.4. The van der Waals surface area contributed by atoms with Crippen LogP contribution in [0.5, 0.6) is 28.7 Å². The predicted molar refractivity (Wildman–Crippen MR) is 135 cm³/mol. The number of aryl methyl sites for hydroxylation is 1. The van der Waals surface area contributed by atoms with E-state index in [0.717, 1.165) is 12.1 Å². The summed E-state index contributed by atoms with van der Waals surface area (Å²) in [5.74, 6) is -5.83. The Morgan fingerprint density at radius 1 is 0.667 bits per heavy atom. The van der Waals surface area contributed by atoms with Gasteiger partial charge in [-0.05, 0) is 42.7 Å². The third kappa shape index (κ3) is 2.33. The summed E-state index contributed by atoms with van der Waals surface area (Å²) in [6.45, 7) is 2.92. The first-order valence-corrected chi connectivity index (χ1v) is 11.7. The smallest absolute Gasteiger partial charge is 0.347 e. The van der Waals surface area contributed by atoms with Gasteiger partial charge < -0.3 is 29.9 Å². The van der Waals surface area contributed by atoms with E-state index in [0.29, 0.717) is 0 Å². The molecule has 39 heavy (non-hydrogen) atoms. The molecule has 7 rings (SSSR count). The molecule has 1 unspecified atom stereocenters. The minimum atomic E-state index is -2.43. The zero-order valence-corrected chi connectivity index (χ0v) is 20.2. The summed E-state index contributed by atoms with van der Waals surface area (Å²) in [6, 6.07) is 4.15. The molecular weight excluding hydrogens is 508 g/mol. The summed E-state index contributed by atoms with van der Waals surface area (Å²) in [7, 11) is 0. The van der Waals surface area contributed by atoms with Gasteiger partial charge in [-0.2, -0.15) is 0 Å². The Hall–Kier alpha value is -5.38. The average molecular weight is 524 g/mol. The Kier molecular flexibility index (Phi) is 3.93. The maximum Gasteiger partial charge on any atom is 0.347 e. The summed E-state index contributed by atoms with van der Waals surface area (Å²) in [5, 5.41) is 53.3. The molecule has 192 valence electrons. The number of fused-ring (bicyclic) bond motifs is 2. The molecule has 1 heterocycles. The largest absolute Gasteiger partial charge is 0.508 e. The van der Waals surface area contributed by atoms with Crippen LogP contribution in [0.15, 0.2) is 39.1 Å². The molecular formula is C29H16O10. The molecule has 1 aromatic heterocycles. The molecule has 0 saturated carbocycles. The second kappa shape index (κ2) is 6.73. The average Bonchev–Trinajstić information content (AvgIpc) is 2.83. The fraction of sp³-hybridized carbons (Fsp3) is 0.103. The van der Waals surface area contributed by atoms with Gasteiger partial charge in [-0.1, -0.05) is 6.08 Å². The molecule has 0 amide bonds. The lowest BCUT2D eigenvalue weighted by molar-refractivity contribution is 0.0782. The lowest BCUT2D eigenvalue weighted by Crippen LogP contribution is -2.51. The van der Waals surface area contributed by atoms with Crippen molar-refractivity contribution < 1.29 is 44.3 Å². The molecule has 4 aromatic rings. The van der Waals surface area contributed by atoms with Crippen molar-refractivity contribution in [2.45, 2.75) is 19.3 Å². The monoisotopic (exact) mass is 524 g/mol. The van der Waals surface area contributed by atoms with E-state index in [1.807, 2.05) is 0 Å². The second-order valence-electron chi connectivity index (χ2n) is 9.96. The van der Waals surface area contributed by atoms with Gasteiger partial charge in [-0.3, -0.25) is 14.4 Å². The fourth-order valence-corrected chi connectivity index (χ4v) is 6.44. The third-order valence-corrected chi connectivity index (χ3v) is 7.94. The van der Waals surface area contributed by atoms with Crippen LogP contribution in [0.25, 0.3) is 28.2 Å². The summed E-state index contributed by atoms with van der Waals surface area (Å²) in [6.07, 6.45) is 1.35. The van der Waals surface area contributed by atoms with Gasteiger partial charge in [0.05, 0.1) is 16.7 Å². The van der Waals surface area contributed by atoms with Gasteiger partial charge in [0, 0.05) is 34.2 Å². The van der Waals surface area contributed by atoms with Crippen LogP contribution in [0.1, 0.15) is 60.3 Å². The Bertz CT molecular complexity index is 2060. The van der Waals surface area contributed by atoms with Crippen LogP contribution in [0.2, 0.25) is 0 Å². The number of carbonyl (C=O) groups is 3. The van der Waals surface area contributed by atoms with Gasteiger partial charge in [0.2, 0.25) is 5.78 Å². The van der Waals surface area contributed by atoms with Crippen LogP contribution in [0, 0.1) is 6.92 Å². The standard InChI is InChI=1S/C29H16O10/c1-8-3-12(31)18-21-19-20-17(24(18)35)14(33)7-15(34)23(20)29(27(37)22(19)28(38)39-25(8)21)9(2)4-10-5-11(30)6-13(32)16(10)26(29)36/h3-7,30-34H,1-2H3. The van der Waals surface area contributed by atoms with E-state index < -0.39 is 62.5 Å². The van der Waals surface area contributed by atoms with E-state index in [4.69, 9.17) is 4.42 Å². The second-order valence-corrected chi connectivity index (χ2v) is 9.96. The number of hydrogen-bond donors (Lipinski definition) is 5. The molecule has 3 aliphatic carbocycles. The fourth-order valence-electron chi connectivity index (χ4n) is 6.44. The quantitative estimate of drug-likeness (QED) is 0.148. The predicted octanol–water partition coefficient (Wildman–Crippen LogP) is 3.57. The molecule has 10 nitrogen and oxygen atoms in total. The molecule has 0 aliphatic heterocycles. The van der Waals surface area contributed by atoms with Crippen molar-refractivity contribution in [3.05, 3.63) is 79.2 Å². The highest BCUT2D eigenvalue weighted by atomic mass is 16.4. The summed E-state index contributed by atoms with van der Waals surface area (Å²) in [5.41, 5.74) is -5.64. The van der Waals surface area contributed by atoms with Gasteiger partial charge >= 0.3 is 5.63 Å². The minimum Gasteiger partial charge on any atom is -0.508 e. The Balaban J connectivity index is 1.76. The van der Waals surface area contributed by atoms with E-state index in [1.165, 1.54) is 32.1 Å². The molecule has 1 atom stereocenters. The van der Waals surface area contributed by atoms with Crippen molar-refractivity contribution in [1.29, 1.82) is 0 Å². The van der Waals surface area contributed by atoms with Gasteiger partial charge in [0.15, 0.2) is 11.6 Å². The van der Waals surface area contributed by atoms with Crippen LogP contribution in [-0.2, 0) is 5.41 Å². The van der Waals surface area contributed by atoms with Crippen LogP contribution in [0.3, 0.4) is 0 Å². The van der Waals surface area contributed by atoms with Crippen molar-refractivity contribution in [2.75, 3.05) is 0 Å². The van der Waals surface area contributed by atoms with Crippen LogP contribution in [0.4, 0.5) is 0 Å². The lowest BCUT2D eigenvalue weighted by atomic mass is 9.56. The van der Waals surface area contributed by atoms with E-state index in [9.17, 15) is 44.7 Å². The molecule has 3 aliphatic rings. The number of benzene rings is 3. The first kappa shape index (κ1) is 22.8. The van der Waals surface area contributed by atoms with Crippen molar-refractivity contribution in [3.8, 4) is 39.9 Å². The Morgan fingerprint density at radius 2 is 1.31 bits per heavy atom. The molecule has 1 spiro atoms. The molecule has 0 fully saturated rings. The first-order valence-electron chi connectivity index (χ1n) is 11.7. The molecule has 3 aromatic carbocycles. The Morgan fingerprint density at radius 3 is 2.03 bits per heavy atom. The number of phenolic OH excluding ortho intramolecular Hbond substituents is 5. The van der Waals surface area contributed by atoms with Gasteiger partial charge in [-0.15, -0.1) is 0 Å². The zero-order chi connectivity index (χ0) is 27.9. The highest BCUT2D eigenvalue weighted by molar-refractivity contribution is 6.38. The zero-order valence-electron chi connectivity index (χ0n) is 20.2. The van der Waals surface area contributed by atoms with E-state index in [2.05, 4.69) is 0 Å². The van der Waals surface area contributed by atoms with Crippen molar-refractivity contribution in [2.24, 2.45) is 0 Å². The van der Waals surface area contributed by atoms with Crippen molar-refractivity contribution in [3.63, 3.8) is 0 Å². The number of ketones is 3. The van der Waals surface area contributed by atoms with Crippen LogP contribution >= 0.6 is 0 Å². The number of allylic oxidation sites excluding steroid dienone is 1. The number of aromatic hydroxyl groups is 5. The summed E-state index contributed by atoms with van der Waals surface area (Å²) in [4.78, 5) is 56.0. The normalized spacial score (nSPS) is 18.5. The molecule has 0 radical (unpaired) electrons. The van der Waals surface area contributed by atoms with Crippen LogP contribution < -0.4 is 5.63 Å². The molecule has 0 bridgehead atoms. The summed E-state index contributed by atoms with van der Waals surface area (Å²) >= 11 is 0. The highest BCUT2D eigenvalue weighted by Gasteiger charge is 2.60. The van der Waals surface area contributed by atoms with E-state index in [-0.39, 0.29) is 61.2 Å².